The highest BCUT2D eigenvalue weighted by molar-refractivity contribution is 5.97. The number of fused-ring (bicyclic) bond motifs is 1. The average molecular weight is 392 g/mol. The zero-order chi connectivity index (χ0) is 20.2. The van der Waals surface area contributed by atoms with Crippen molar-refractivity contribution in [2.45, 2.75) is 12.8 Å². The van der Waals surface area contributed by atoms with Crippen LogP contribution in [0.15, 0.2) is 29.3 Å². The number of guanidine groups is 1. The fourth-order valence-electron chi connectivity index (χ4n) is 3.02. The maximum absolute atomic E-state index is 12.2. The predicted molar refractivity (Wildman–Crippen MR) is 112 cm³/mol. The molecule has 0 aromatic heterocycles. The number of rotatable bonds is 11. The number of para-hydroxylation sites is 2. The summed E-state index contributed by atoms with van der Waals surface area (Å²) >= 11 is 0. The summed E-state index contributed by atoms with van der Waals surface area (Å²) in [6.07, 6.45) is 1.85. The zero-order valence-electron chi connectivity index (χ0n) is 17.2. The van der Waals surface area contributed by atoms with Gasteiger partial charge in [-0.1, -0.05) is 12.1 Å². The van der Waals surface area contributed by atoms with E-state index < -0.39 is 0 Å². The molecule has 2 rings (SSSR count). The van der Waals surface area contributed by atoms with E-state index >= 15 is 0 Å². The van der Waals surface area contributed by atoms with E-state index in [1.807, 2.05) is 24.3 Å². The third-order valence-electron chi connectivity index (χ3n) is 4.56. The van der Waals surface area contributed by atoms with E-state index in [0.717, 1.165) is 63.0 Å². The Labute approximate surface area is 167 Å². The monoisotopic (exact) mass is 391 g/mol. The summed E-state index contributed by atoms with van der Waals surface area (Å²) in [6, 6.07) is 7.65. The summed E-state index contributed by atoms with van der Waals surface area (Å²) in [5.74, 6) is 1.54. The van der Waals surface area contributed by atoms with Gasteiger partial charge < -0.3 is 29.9 Å². The van der Waals surface area contributed by atoms with Crippen LogP contribution in [0, 0.1) is 0 Å². The summed E-state index contributed by atoms with van der Waals surface area (Å²) in [6.45, 7) is 5.03. The molecule has 8 nitrogen and oxygen atoms in total. The van der Waals surface area contributed by atoms with Crippen LogP contribution in [0.2, 0.25) is 0 Å². The first-order valence-corrected chi connectivity index (χ1v) is 9.80. The lowest BCUT2D eigenvalue weighted by atomic mass is 10.2. The molecule has 2 N–H and O–H groups in total. The topological polar surface area (TPSA) is 78.4 Å². The Bertz CT molecular complexity index is 638. The molecule has 0 radical (unpaired) electrons. The second-order valence-corrected chi connectivity index (χ2v) is 6.73. The van der Waals surface area contributed by atoms with Gasteiger partial charge in [0.25, 0.3) is 5.91 Å². The Hall–Kier alpha value is -2.32. The minimum absolute atomic E-state index is 0.00211. The van der Waals surface area contributed by atoms with E-state index in [1.165, 1.54) is 0 Å². The van der Waals surface area contributed by atoms with Crippen LogP contribution in [-0.2, 0) is 9.53 Å². The van der Waals surface area contributed by atoms with Crippen molar-refractivity contribution in [3.05, 3.63) is 24.3 Å². The quantitative estimate of drug-likeness (QED) is 0.332. The van der Waals surface area contributed by atoms with Crippen LogP contribution in [-0.4, -0.2) is 83.9 Å². The van der Waals surface area contributed by atoms with Gasteiger partial charge in [-0.3, -0.25) is 9.79 Å². The number of hydrogen-bond acceptors (Lipinski definition) is 5. The number of hydrogen-bond donors (Lipinski definition) is 2. The minimum atomic E-state index is -0.00211. The van der Waals surface area contributed by atoms with Crippen molar-refractivity contribution in [1.82, 2.24) is 15.5 Å². The smallest absolute Gasteiger partial charge is 0.265 e. The summed E-state index contributed by atoms with van der Waals surface area (Å²) in [5.41, 5.74) is 0.845. The Morgan fingerprint density at radius 1 is 1.25 bits per heavy atom. The highest BCUT2D eigenvalue weighted by Crippen LogP contribution is 2.31. The molecule has 1 amide bonds. The van der Waals surface area contributed by atoms with Crippen molar-refractivity contribution in [3.8, 4) is 5.75 Å². The molecule has 28 heavy (non-hydrogen) atoms. The first-order valence-electron chi connectivity index (χ1n) is 9.80. The standard InChI is InChI=1S/C20H33N5O3/c1-21-20(23-11-14-24(2)12-7-15-27-3)22-10-6-13-25-17-8-4-5-9-18(17)28-16-19(25)26/h4-5,8-9H,6-7,10-16H2,1-3H3,(H2,21,22,23). The number of ether oxygens (including phenoxy) is 2. The van der Waals surface area contributed by atoms with Gasteiger partial charge in [-0.05, 0) is 32.0 Å². The van der Waals surface area contributed by atoms with Gasteiger partial charge in [-0.2, -0.15) is 0 Å². The van der Waals surface area contributed by atoms with Crippen molar-refractivity contribution in [3.63, 3.8) is 0 Å². The lowest BCUT2D eigenvalue weighted by Crippen LogP contribution is -2.43. The van der Waals surface area contributed by atoms with E-state index in [0.29, 0.717) is 6.54 Å². The molecule has 0 unspecified atom stereocenters. The van der Waals surface area contributed by atoms with Crippen LogP contribution in [0.5, 0.6) is 5.75 Å². The van der Waals surface area contributed by atoms with Crippen LogP contribution in [0.3, 0.4) is 0 Å². The third kappa shape index (κ3) is 7.01. The Morgan fingerprint density at radius 3 is 2.82 bits per heavy atom. The van der Waals surface area contributed by atoms with Crippen molar-refractivity contribution in [1.29, 1.82) is 0 Å². The number of methoxy groups -OCH3 is 1. The molecule has 0 saturated carbocycles. The normalized spacial score (nSPS) is 14.1. The number of amides is 1. The van der Waals surface area contributed by atoms with Crippen molar-refractivity contribution in [2.75, 3.05) is 72.0 Å². The fraction of sp³-hybridized carbons (Fsp3) is 0.600. The summed E-state index contributed by atoms with van der Waals surface area (Å²) in [5, 5.41) is 6.62. The molecule has 1 aromatic rings. The van der Waals surface area contributed by atoms with E-state index in [2.05, 4.69) is 27.6 Å². The van der Waals surface area contributed by atoms with E-state index in [1.54, 1.807) is 19.1 Å². The van der Waals surface area contributed by atoms with Gasteiger partial charge in [-0.15, -0.1) is 0 Å². The maximum Gasteiger partial charge on any atom is 0.265 e. The number of likely N-dealkylation sites (N-methyl/N-ethyl adjacent to an activating group) is 1. The van der Waals surface area contributed by atoms with E-state index in [4.69, 9.17) is 9.47 Å². The number of carbonyl (C=O) groups excluding carboxylic acids is 1. The number of carbonyl (C=O) groups is 1. The number of nitrogens with zero attached hydrogens (tertiary/aromatic N) is 3. The molecular weight excluding hydrogens is 358 g/mol. The average Bonchev–Trinajstić information content (AvgIpc) is 2.71. The summed E-state index contributed by atoms with van der Waals surface area (Å²) in [4.78, 5) is 20.5. The molecule has 8 heteroatoms. The van der Waals surface area contributed by atoms with Gasteiger partial charge in [0, 0.05) is 53.5 Å². The lowest BCUT2D eigenvalue weighted by molar-refractivity contribution is -0.121. The second kappa shape index (κ2) is 12.2. The fourth-order valence-corrected chi connectivity index (χ4v) is 3.02. The van der Waals surface area contributed by atoms with Crippen molar-refractivity contribution in [2.24, 2.45) is 4.99 Å². The molecule has 0 saturated heterocycles. The maximum atomic E-state index is 12.2. The minimum Gasteiger partial charge on any atom is -0.482 e. The Kier molecular flexibility index (Phi) is 9.57. The molecule has 0 fully saturated rings. The largest absolute Gasteiger partial charge is 0.482 e. The molecule has 1 aliphatic heterocycles. The molecule has 1 heterocycles. The molecule has 0 bridgehead atoms. The van der Waals surface area contributed by atoms with Gasteiger partial charge in [0.1, 0.15) is 5.75 Å². The molecule has 0 atom stereocenters. The predicted octanol–water partition coefficient (Wildman–Crippen LogP) is 0.935. The second-order valence-electron chi connectivity index (χ2n) is 6.73. The van der Waals surface area contributed by atoms with Gasteiger partial charge in [0.15, 0.2) is 12.6 Å². The lowest BCUT2D eigenvalue weighted by Gasteiger charge is -2.29. The van der Waals surface area contributed by atoms with Gasteiger partial charge >= 0.3 is 0 Å². The molecule has 156 valence electrons. The Morgan fingerprint density at radius 2 is 2.04 bits per heavy atom. The molecule has 1 aromatic carbocycles. The number of aliphatic imine (C=N–C) groups is 1. The van der Waals surface area contributed by atoms with Crippen molar-refractivity contribution < 1.29 is 14.3 Å². The summed E-state index contributed by atoms with van der Waals surface area (Å²) in [7, 11) is 5.59. The van der Waals surface area contributed by atoms with Crippen LogP contribution in [0.1, 0.15) is 12.8 Å². The van der Waals surface area contributed by atoms with Gasteiger partial charge in [0.2, 0.25) is 0 Å². The highest BCUT2D eigenvalue weighted by Gasteiger charge is 2.24. The Balaban J connectivity index is 1.66. The number of nitrogens with one attached hydrogen (secondary N) is 2. The summed E-state index contributed by atoms with van der Waals surface area (Å²) < 4.78 is 10.5. The third-order valence-corrected chi connectivity index (χ3v) is 4.56. The number of anilines is 1. The highest BCUT2D eigenvalue weighted by atomic mass is 16.5. The van der Waals surface area contributed by atoms with Crippen LogP contribution in [0.25, 0.3) is 0 Å². The molecule has 0 aliphatic carbocycles. The van der Waals surface area contributed by atoms with E-state index in [9.17, 15) is 4.79 Å². The molecular formula is C20H33N5O3. The van der Waals surface area contributed by atoms with Crippen LogP contribution < -0.4 is 20.3 Å². The first-order chi connectivity index (χ1) is 13.7. The zero-order valence-corrected chi connectivity index (χ0v) is 17.2. The number of benzene rings is 1. The van der Waals surface area contributed by atoms with E-state index in [-0.39, 0.29) is 12.5 Å². The van der Waals surface area contributed by atoms with Crippen LogP contribution >= 0.6 is 0 Å². The SMILES string of the molecule is CN=C(NCCCN1C(=O)COc2ccccc21)NCCN(C)CCCOC. The van der Waals surface area contributed by atoms with Gasteiger partial charge in [0.05, 0.1) is 5.69 Å². The molecule has 0 spiro atoms. The molecule has 1 aliphatic rings. The first kappa shape index (κ1) is 22.0. The van der Waals surface area contributed by atoms with Crippen LogP contribution in [0.4, 0.5) is 5.69 Å². The van der Waals surface area contributed by atoms with Gasteiger partial charge in [-0.25, -0.2) is 0 Å². The van der Waals surface area contributed by atoms with Crippen molar-refractivity contribution >= 4 is 17.6 Å².